The first-order valence-corrected chi connectivity index (χ1v) is 5.79. The van der Waals surface area contributed by atoms with E-state index in [2.05, 4.69) is 10.6 Å². The third-order valence-corrected chi connectivity index (χ3v) is 2.47. The monoisotopic (exact) mass is 261 g/mol. The van der Waals surface area contributed by atoms with Crippen LogP contribution in [0.2, 0.25) is 0 Å². The molecule has 0 spiro atoms. The first-order chi connectivity index (χ1) is 9.02. The Balaban J connectivity index is 2.35. The zero-order valence-corrected chi connectivity index (χ0v) is 10.5. The summed E-state index contributed by atoms with van der Waals surface area (Å²) in [6.07, 6.45) is 0.178. The highest BCUT2D eigenvalue weighted by Crippen LogP contribution is 2.08. The lowest BCUT2D eigenvalue weighted by Crippen LogP contribution is -2.35. The van der Waals surface area contributed by atoms with Gasteiger partial charge in [0.2, 0.25) is 5.91 Å². The Morgan fingerprint density at radius 2 is 2.00 bits per heavy atom. The van der Waals surface area contributed by atoms with E-state index in [-0.39, 0.29) is 18.9 Å². The number of nitrogens with one attached hydrogen (secondary N) is 2. The van der Waals surface area contributed by atoms with Gasteiger partial charge in [-0.05, 0) is 31.2 Å². The van der Waals surface area contributed by atoms with Crippen LogP contribution in [-0.4, -0.2) is 29.6 Å². The molecule has 0 saturated carbocycles. The van der Waals surface area contributed by atoms with E-state index in [1.54, 1.807) is 24.3 Å². The number of hydrogen-bond acceptors (Lipinski definition) is 4. The van der Waals surface area contributed by atoms with Crippen molar-refractivity contribution in [2.45, 2.75) is 19.4 Å². The van der Waals surface area contributed by atoms with Crippen molar-refractivity contribution in [2.75, 3.05) is 11.9 Å². The van der Waals surface area contributed by atoms with Crippen LogP contribution in [0.15, 0.2) is 24.3 Å². The van der Waals surface area contributed by atoms with E-state index in [4.69, 9.17) is 10.4 Å². The van der Waals surface area contributed by atoms with Crippen molar-refractivity contribution < 1.29 is 14.7 Å². The Kier molecular flexibility index (Phi) is 5.51. The summed E-state index contributed by atoms with van der Waals surface area (Å²) in [4.78, 5) is 22.1. The molecule has 0 heterocycles. The summed E-state index contributed by atoms with van der Waals surface area (Å²) in [6, 6.07) is 7.82. The number of carboxylic acids is 1. The first-order valence-electron chi connectivity index (χ1n) is 5.79. The molecule has 0 aliphatic carbocycles. The molecule has 1 amide bonds. The Labute approximate surface area is 111 Å². The highest BCUT2D eigenvalue weighted by Gasteiger charge is 2.10. The molecule has 6 nitrogen and oxygen atoms in total. The topological polar surface area (TPSA) is 102 Å². The number of nitrogens with zero attached hydrogens (tertiary/aromatic N) is 1. The number of aliphatic carboxylic acids is 1. The lowest BCUT2D eigenvalue weighted by molar-refractivity contribution is -0.139. The standard InChI is InChI=1S/C13H15N3O3/c1-9(13(18)19)15-7-6-12(17)16-11-4-2-10(8-14)3-5-11/h2-5,9,15H,6-7H2,1H3,(H,16,17)(H,18,19)/t9-/m1/s1. The quantitative estimate of drug-likeness (QED) is 0.707. The van der Waals surface area contributed by atoms with Crippen molar-refractivity contribution in [1.29, 1.82) is 5.26 Å². The molecular formula is C13H15N3O3. The van der Waals surface area contributed by atoms with E-state index in [1.807, 2.05) is 6.07 Å². The number of amides is 1. The molecule has 0 bridgehead atoms. The van der Waals surface area contributed by atoms with E-state index in [0.29, 0.717) is 11.3 Å². The molecule has 100 valence electrons. The molecule has 0 aromatic heterocycles. The fraction of sp³-hybridized carbons (Fsp3) is 0.308. The third kappa shape index (κ3) is 5.19. The van der Waals surface area contributed by atoms with E-state index >= 15 is 0 Å². The van der Waals surface area contributed by atoms with Gasteiger partial charge in [-0.1, -0.05) is 0 Å². The molecule has 1 aromatic rings. The molecule has 0 saturated heterocycles. The Morgan fingerprint density at radius 1 is 1.37 bits per heavy atom. The van der Waals surface area contributed by atoms with Gasteiger partial charge >= 0.3 is 5.97 Å². The lowest BCUT2D eigenvalue weighted by atomic mass is 10.2. The van der Waals surface area contributed by atoms with Crippen molar-refractivity contribution in [3.63, 3.8) is 0 Å². The van der Waals surface area contributed by atoms with Crippen molar-refractivity contribution in [3.8, 4) is 6.07 Å². The number of hydrogen-bond donors (Lipinski definition) is 3. The molecule has 0 aliphatic rings. The van der Waals surface area contributed by atoms with Crippen molar-refractivity contribution >= 4 is 17.6 Å². The van der Waals surface area contributed by atoms with E-state index in [9.17, 15) is 9.59 Å². The Morgan fingerprint density at radius 3 is 2.53 bits per heavy atom. The van der Waals surface area contributed by atoms with Crippen LogP contribution in [0.25, 0.3) is 0 Å². The average Bonchev–Trinajstić information content (AvgIpc) is 2.39. The maximum atomic E-state index is 11.6. The highest BCUT2D eigenvalue weighted by atomic mass is 16.4. The van der Waals surface area contributed by atoms with Gasteiger partial charge < -0.3 is 15.7 Å². The van der Waals surface area contributed by atoms with Gasteiger partial charge in [-0.2, -0.15) is 5.26 Å². The van der Waals surface area contributed by atoms with Crippen LogP contribution in [0.5, 0.6) is 0 Å². The normalized spacial score (nSPS) is 11.4. The zero-order valence-electron chi connectivity index (χ0n) is 10.5. The fourth-order valence-electron chi connectivity index (χ4n) is 1.34. The Hall–Kier alpha value is -2.39. The Bertz CT molecular complexity index is 491. The molecular weight excluding hydrogens is 246 g/mol. The van der Waals surface area contributed by atoms with Gasteiger partial charge in [0.05, 0.1) is 11.6 Å². The maximum absolute atomic E-state index is 11.6. The van der Waals surface area contributed by atoms with Crippen molar-refractivity contribution in [3.05, 3.63) is 29.8 Å². The van der Waals surface area contributed by atoms with E-state index in [0.717, 1.165) is 0 Å². The largest absolute Gasteiger partial charge is 0.480 e. The minimum absolute atomic E-state index is 0.178. The average molecular weight is 261 g/mol. The zero-order chi connectivity index (χ0) is 14.3. The van der Waals surface area contributed by atoms with Gasteiger partial charge in [-0.25, -0.2) is 0 Å². The number of carbonyl (C=O) groups excluding carboxylic acids is 1. The van der Waals surface area contributed by atoms with Crippen LogP contribution in [0, 0.1) is 11.3 Å². The van der Waals surface area contributed by atoms with Crippen LogP contribution in [0.3, 0.4) is 0 Å². The summed E-state index contributed by atoms with van der Waals surface area (Å²) >= 11 is 0. The lowest BCUT2D eigenvalue weighted by Gasteiger charge is -2.09. The highest BCUT2D eigenvalue weighted by molar-refractivity contribution is 5.90. The molecule has 1 rings (SSSR count). The first kappa shape index (κ1) is 14.7. The van der Waals surface area contributed by atoms with Gasteiger partial charge in [0.25, 0.3) is 0 Å². The summed E-state index contributed by atoms with van der Waals surface area (Å²) in [6.45, 7) is 1.80. The second-order valence-corrected chi connectivity index (χ2v) is 4.00. The number of nitriles is 1. The summed E-state index contributed by atoms with van der Waals surface area (Å²) in [5.74, 6) is -1.16. The van der Waals surface area contributed by atoms with Gasteiger partial charge in [0.15, 0.2) is 0 Å². The van der Waals surface area contributed by atoms with Crippen LogP contribution in [0.1, 0.15) is 18.9 Å². The molecule has 1 aromatic carbocycles. The molecule has 0 radical (unpaired) electrons. The number of carboxylic acid groups (broad SMARTS) is 1. The molecule has 0 fully saturated rings. The second kappa shape index (κ2) is 7.13. The van der Waals surface area contributed by atoms with Gasteiger partial charge in [-0.15, -0.1) is 0 Å². The minimum atomic E-state index is -0.951. The summed E-state index contributed by atoms with van der Waals surface area (Å²) in [7, 11) is 0. The molecule has 1 atom stereocenters. The summed E-state index contributed by atoms with van der Waals surface area (Å²) < 4.78 is 0. The molecule has 0 aliphatic heterocycles. The number of benzene rings is 1. The molecule has 19 heavy (non-hydrogen) atoms. The van der Waals surface area contributed by atoms with E-state index in [1.165, 1.54) is 6.92 Å². The SMILES string of the molecule is C[C@@H](NCCC(=O)Nc1ccc(C#N)cc1)C(=O)O. The predicted molar refractivity (Wildman–Crippen MR) is 69.5 cm³/mol. The minimum Gasteiger partial charge on any atom is -0.480 e. The van der Waals surface area contributed by atoms with Gasteiger partial charge in [0, 0.05) is 18.7 Å². The summed E-state index contributed by atoms with van der Waals surface area (Å²) in [5.41, 5.74) is 1.13. The maximum Gasteiger partial charge on any atom is 0.320 e. The molecule has 0 unspecified atom stereocenters. The van der Waals surface area contributed by atoms with Gasteiger partial charge in [0.1, 0.15) is 6.04 Å². The number of carbonyl (C=O) groups is 2. The third-order valence-electron chi connectivity index (χ3n) is 2.47. The second-order valence-electron chi connectivity index (χ2n) is 4.00. The fourth-order valence-corrected chi connectivity index (χ4v) is 1.34. The van der Waals surface area contributed by atoms with Crippen LogP contribution in [0.4, 0.5) is 5.69 Å². The molecule has 3 N–H and O–H groups in total. The van der Waals surface area contributed by atoms with Crippen molar-refractivity contribution in [2.24, 2.45) is 0 Å². The predicted octanol–water partition coefficient (Wildman–Crippen LogP) is 0.950. The van der Waals surface area contributed by atoms with Crippen LogP contribution < -0.4 is 10.6 Å². The smallest absolute Gasteiger partial charge is 0.320 e. The molecule has 6 heteroatoms. The van der Waals surface area contributed by atoms with Crippen LogP contribution in [-0.2, 0) is 9.59 Å². The number of rotatable bonds is 6. The number of anilines is 1. The van der Waals surface area contributed by atoms with Crippen LogP contribution >= 0.6 is 0 Å². The summed E-state index contributed by atoms with van der Waals surface area (Å²) in [5, 5.41) is 22.6. The van der Waals surface area contributed by atoms with Crippen molar-refractivity contribution in [1.82, 2.24) is 5.32 Å². The van der Waals surface area contributed by atoms with E-state index < -0.39 is 12.0 Å². The van der Waals surface area contributed by atoms with Gasteiger partial charge in [-0.3, -0.25) is 9.59 Å².